The van der Waals surface area contributed by atoms with Crippen molar-refractivity contribution in [2.75, 3.05) is 13.6 Å². The highest BCUT2D eigenvalue weighted by Crippen LogP contribution is 2.39. The summed E-state index contributed by atoms with van der Waals surface area (Å²) in [6.07, 6.45) is 7.14. The van der Waals surface area contributed by atoms with E-state index >= 15 is 0 Å². The van der Waals surface area contributed by atoms with Crippen molar-refractivity contribution in [1.29, 1.82) is 0 Å². The zero-order chi connectivity index (χ0) is 11.5. The third kappa shape index (κ3) is 2.24. The normalized spacial score (nSPS) is 33.9. The van der Waals surface area contributed by atoms with Crippen LogP contribution in [0.25, 0.3) is 0 Å². The minimum atomic E-state index is 0.358. The van der Waals surface area contributed by atoms with Crippen LogP contribution in [0.2, 0.25) is 0 Å². The van der Waals surface area contributed by atoms with Gasteiger partial charge in [0.1, 0.15) is 0 Å². The largest absolute Gasteiger partial charge is 0.337 e. The van der Waals surface area contributed by atoms with Crippen LogP contribution in [0.4, 0.5) is 0 Å². The van der Waals surface area contributed by atoms with E-state index in [4.69, 9.17) is 0 Å². The number of rotatable bonds is 3. The second kappa shape index (κ2) is 5.17. The molecule has 1 heterocycles. The Bertz CT molecular complexity index is 254. The number of carbonyl (C=O) groups is 1. The number of nitrogens with zero attached hydrogens (tertiary/aromatic N) is 1. The Kier molecular flexibility index (Phi) is 3.85. The first-order chi connectivity index (χ1) is 7.74. The highest BCUT2D eigenvalue weighted by molar-refractivity contribution is 5.77. The fourth-order valence-corrected chi connectivity index (χ4v) is 3.50. The summed E-state index contributed by atoms with van der Waals surface area (Å²) >= 11 is 0. The molecule has 0 aromatic rings. The molecule has 3 nitrogen and oxygen atoms in total. The molecule has 3 heteroatoms. The maximum Gasteiger partial charge on any atom is 0.224 e. The van der Waals surface area contributed by atoms with Crippen LogP contribution in [0.1, 0.15) is 45.4 Å². The molecule has 0 aromatic heterocycles. The molecule has 1 saturated heterocycles. The van der Waals surface area contributed by atoms with Gasteiger partial charge in [0.15, 0.2) is 0 Å². The monoisotopic (exact) mass is 224 g/mol. The lowest BCUT2D eigenvalue weighted by atomic mass is 9.85. The van der Waals surface area contributed by atoms with E-state index in [1.54, 1.807) is 0 Å². The van der Waals surface area contributed by atoms with Crippen LogP contribution < -0.4 is 5.32 Å². The van der Waals surface area contributed by atoms with E-state index < -0.39 is 0 Å². The second-order valence-electron chi connectivity index (χ2n) is 5.35. The highest BCUT2D eigenvalue weighted by Gasteiger charge is 2.41. The smallest absolute Gasteiger partial charge is 0.224 e. The standard InChI is InChI=1S/C13H24N2O/c1-10-9-11-5-3-4-6-12(11)15(10)13(16)7-8-14-2/h10-12,14H,3-9H2,1-2H3. The summed E-state index contributed by atoms with van der Waals surface area (Å²) in [7, 11) is 1.91. The van der Waals surface area contributed by atoms with Crippen LogP contribution in [0.5, 0.6) is 0 Å². The summed E-state index contributed by atoms with van der Waals surface area (Å²) in [5.41, 5.74) is 0. The van der Waals surface area contributed by atoms with Crippen molar-refractivity contribution >= 4 is 5.91 Å². The Morgan fingerprint density at radius 3 is 2.88 bits per heavy atom. The maximum atomic E-state index is 12.2. The van der Waals surface area contributed by atoms with E-state index in [9.17, 15) is 4.79 Å². The topological polar surface area (TPSA) is 32.3 Å². The van der Waals surface area contributed by atoms with Crippen molar-refractivity contribution in [1.82, 2.24) is 10.2 Å². The molecule has 2 fully saturated rings. The zero-order valence-corrected chi connectivity index (χ0v) is 10.5. The molecule has 0 aromatic carbocycles. The van der Waals surface area contributed by atoms with Gasteiger partial charge in [-0.05, 0) is 39.2 Å². The van der Waals surface area contributed by atoms with Crippen LogP contribution in [0.15, 0.2) is 0 Å². The Morgan fingerprint density at radius 1 is 1.38 bits per heavy atom. The number of carbonyl (C=O) groups excluding carboxylic acids is 1. The first kappa shape index (κ1) is 11.9. The Balaban J connectivity index is 1.98. The molecular formula is C13H24N2O. The van der Waals surface area contributed by atoms with Crippen LogP contribution in [0.3, 0.4) is 0 Å². The van der Waals surface area contributed by atoms with Crippen molar-refractivity contribution in [2.24, 2.45) is 5.92 Å². The van der Waals surface area contributed by atoms with Crippen molar-refractivity contribution in [3.63, 3.8) is 0 Å². The van der Waals surface area contributed by atoms with E-state index in [2.05, 4.69) is 17.1 Å². The summed E-state index contributed by atoms with van der Waals surface area (Å²) in [5.74, 6) is 1.15. The zero-order valence-electron chi connectivity index (χ0n) is 10.5. The van der Waals surface area contributed by atoms with E-state index in [0.29, 0.717) is 24.4 Å². The average Bonchev–Trinajstić information content (AvgIpc) is 2.62. The quantitative estimate of drug-likeness (QED) is 0.792. The fraction of sp³-hybridized carbons (Fsp3) is 0.923. The molecule has 1 amide bonds. The van der Waals surface area contributed by atoms with E-state index in [0.717, 1.165) is 12.5 Å². The molecule has 2 rings (SSSR count). The summed E-state index contributed by atoms with van der Waals surface area (Å²) in [4.78, 5) is 14.4. The van der Waals surface area contributed by atoms with Gasteiger partial charge in [-0.3, -0.25) is 4.79 Å². The minimum Gasteiger partial charge on any atom is -0.337 e. The third-order valence-corrected chi connectivity index (χ3v) is 4.22. The van der Waals surface area contributed by atoms with Gasteiger partial charge in [-0.1, -0.05) is 12.8 Å². The van der Waals surface area contributed by atoms with Gasteiger partial charge in [0.25, 0.3) is 0 Å². The number of fused-ring (bicyclic) bond motifs is 1. The molecule has 0 spiro atoms. The third-order valence-electron chi connectivity index (χ3n) is 4.22. The summed E-state index contributed by atoms with van der Waals surface area (Å²) < 4.78 is 0. The molecule has 2 aliphatic rings. The number of hydrogen-bond acceptors (Lipinski definition) is 2. The van der Waals surface area contributed by atoms with Crippen LogP contribution in [0, 0.1) is 5.92 Å². The lowest BCUT2D eigenvalue weighted by Gasteiger charge is -2.33. The molecule has 0 radical (unpaired) electrons. The first-order valence-electron chi connectivity index (χ1n) is 6.69. The molecule has 0 bridgehead atoms. The molecule has 1 aliphatic carbocycles. The van der Waals surface area contributed by atoms with E-state index in [1.165, 1.54) is 32.1 Å². The Hall–Kier alpha value is -0.570. The molecular weight excluding hydrogens is 200 g/mol. The number of nitrogens with one attached hydrogen (secondary N) is 1. The molecule has 1 aliphatic heterocycles. The van der Waals surface area contributed by atoms with Gasteiger partial charge in [-0.25, -0.2) is 0 Å². The lowest BCUT2D eigenvalue weighted by Crippen LogP contribution is -2.43. The average molecular weight is 224 g/mol. The minimum absolute atomic E-state index is 0.358. The van der Waals surface area contributed by atoms with Crippen molar-refractivity contribution in [3.05, 3.63) is 0 Å². The van der Waals surface area contributed by atoms with Crippen molar-refractivity contribution in [3.8, 4) is 0 Å². The molecule has 3 unspecified atom stereocenters. The van der Waals surface area contributed by atoms with Gasteiger partial charge >= 0.3 is 0 Å². The van der Waals surface area contributed by atoms with Crippen LogP contribution in [-0.2, 0) is 4.79 Å². The highest BCUT2D eigenvalue weighted by atomic mass is 16.2. The molecule has 3 atom stereocenters. The van der Waals surface area contributed by atoms with Gasteiger partial charge in [0, 0.05) is 25.0 Å². The summed E-state index contributed by atoms with van der Waals surface area (Å²) in [6.45, 7) is 3.02. The Labute approximate surface area is 98.6 Å². The summed E-state index contributed by atoms with van der Waals surface area (Å²) in [6, 6.07) is 1.03. The van der Waals surface area contributed by atoms with Crippen molar-refractivity contribution in [2.45, 2.75) is 57.5 Å². The van der Waals surface area contributed by atoms with Crippen molar-refractivity contribution < 1.29 is 4.79 Å². The Morgan fingerprint density at radius 2 is 2.12 bits per heavy atom. The second-order valence-corrected chi connectivity index (χ2v) is 5.35. The van der Waals surface area contributed by atoms with Gasteiger partial charge in [0.2, 0.25) is 5.91 Å². The van der Waals surface area contributed by atoms with Gasteiger partial charge in [-0.2, -0.15) is 0 Å². The van der Waals surface area contributed by atoms with E-state index in [1.807, 2.05) is 7.05 Å². The number of amides is 1. The SMILES string of the molecule is CNCCC(=O)N1C(C)CC2CCCCC21. The maximum absolute atomic E-state index is 12.2. The molecule has 92 valence electrons. The lowest BCUT2D eigenvalue weighted by molar-refractivity contribution is -0.134. The van der Waals surface area contributed by atoms with Gasteiger partial charge in [0.05, 0.1) is 0 Å². The molecule has 1 N–H and O–H groups in total. The predicted molar refractivity (Wildman–Crippen MR) is 65.2 cm³/mol. The van der Waals surface area contributed by atoms with Crippen LogP contribution in [-0.4, -0.2) is 36.5 Å². The van der Waals surface area contributed by atoms with E-state index in [-0.39, 0.29) is 0 Å². The van der Waals surface area contributed by atoms with Gasteiger partial charge in [-0.15, -0.1) is 0 Å². The summed E-state index contributed by atoms with van der Waals surface area (Å²) in [5, 5.41) is 3.06. The van der Waals surface area contributed by atoms with Crippen LogP contribution >= 0.6 is 0 Å². The first-order valence-corrected chi connectivity index (χ1v) is 6.69. The van der Waals surface area contributed by atoms with Gasteiger partial charge < -0.3 is 10.2 Å². The number of hydrogen-bond donors (Lipinski definition) is 1. The fourth-order valence-electron chi connectivity index (χ4n) is 3.50. The number of likely N-dealkylation sites (tertiary alicyclic amines) is 1. The molecule has 1 saturated carbocycles. The molecule has 16 heavy (non-hydrogen) atoms. The predicted octanol–water partition coefficient (Wildman–Crippen LogP) is 1.78.